The van der Waals surface area contributed by atoms with E-state index in [2.05, 4.69) is 5.32 Å². The van der Waals surface area contributed by atoms with Crippen molar-refractivity contribution in [3.05, 3.63) is 35.2 Å². The van der Waals surface area contributed by atoms with Crippen LogP contribution in [0.15, 0.2) is 29.6 Å². The fourth-order valence-electron chi connectivity index (χ4n) is 1.56. The van der Waals surface area contributed by atoms with Crippen LogP contribution in [0.4, 0.5) is 0 Å². The molecule has 1 amide bonds. The lowest BCUT2D eigenvalue weighted by molar-refractivity contribution is -0.140. The number of fused-ring (bicyclic) bond motifs is 1. The van der Waals surface area contributed by atoms with Gasteiger partial charge in [0.2, 0.25) is 5.91 Å². The van der Waals surface area contributed by atoms with Crippen molar-refractivity contribution in [2.45, 2.75) is 13.0 Å². The summed E-state index contributed by atoms with van der Waals surface area (Å²) >= 11 is 1.61. The fourth-order valence-corrected chi connectivity index (χ4v) is 2.53. The summed E-state index contributed by atoms with van der Waals surface area (Å²) in [5, 5.41) is 14.1. The summed E-state index contributed by atoms with van der Waals surface area (Å²) in [7, 11) is 0. The van der Waals surface area contributed by atoms with Crippen LogP contribution in [0.5, 0.6) is 0 Å². The molecule has 2 rings (SSSR count). The van der Waals surface area contributed by atoms with E-state index in [0.717, 1.165) is 15.6 Å². The molecule has 1 heterocycles. The molecule has 88 valence electrons. The Morgan fingerprint density at radius 1 is 1.29 bits per heavy atom. The summed E-state index contributed by atoms with van der Waals surface area (Å²) in [5.41, 5.74) is 1.02. The zero-order valence-corrected chi connectivity index (χ0v) is 9.79. The first-order chi connectivity index (χ1) is 8.16. The number of carboxylic acid groups (broad SMARTS) is 1. The highest BCUT2D eigenvalue weighted by Gasteiger charge is 2.08. The van der Waals surface area contributed by atoms with Crippen molar-refractivity contribution in [1.82, 2.24) is 5.32 Å². The summed E-state index contributed by atoms with van der Waals surface area (Å²) < 4.78 is 1.16. The van der Waals surface area contributed by atoms with Crippen LogP contribution in [0.3, 0.4) is 0 Å². The topological polar surface area (TPSA) is 66.4 Å². The van der Waals surface area contributed by atoms with Gasteiger partial charge >= 0.3 is 5.97 Å². The summed E-state index contributed by atoms with van der Waals surface area (Å²) in [4.78, 5) is 21.5. The van der Waals surface area contributed by atoms with E-state index >= 15 is 0 Å². The predicted molar refractivity (Wildman–Crippen MR) is 65.9 cm³/mol. The molecule has 4 nitrogen and oxygen atoms in total. The van der Waals surface area contributed by atoms with Crippen molar-refractivity contribution < 1.29 is 14.7 Å². The van der Waals surface area contributed by atoms with Gasteiger partial charge in [-0.05, 0) is 22.4 Å². The number of hydrogen-bond donors (Lipinski definition) is 2. The zero-order chi connectivity index (χ0) is 12.3. The first kappa shape index (κ1) is 11.6. The SMILES string of the molecule is O=C(O)CC(=O)NCc1csc2ccccc12. The summed E-state index contributed by atoms with van der Waals surface area (Å²) in [6, 6.07) is 7.91. The van der Waals surface area contributed by atoms with Gasteiger partial charge in [-0.15, -0.1) is 11.3 Å². The lowest BCUT2D eigenvalue weighted by Crippen LogP contribution is -2.24. The molecule has 1 aromatic heterocycles. The van der Waals surface area contributed by atoms with Crippen LogP contribution in [-0.2, 0) is 16.1 Å². The lowest BCUT2D eigenvalue weighted by Gasteiger charge is -2.02. The molecule has 0 unspecified atom stereocenters. The van der Waals surface area contributed by atoms with Crippen LogP contribution in [0.2, 0.25) is 0 Å². The molecule has 2 aromatic rings. The lowest BCUT2D eigenvalue weighted by atomic mass is 10.2. The van der Waals surface area contributed by atoms with Crippen molar-refractivity contribution >= 4 is 33.3 Å². The van der Waals surface area contributed by atoms with Crippen molar-refractivity contribution in [2.24, 2.45) is 0 Å². The van der Waals surface area contributed by atoms with Crippen LogP contribution in [0.1, 0.15) is 12.0 Å². The zero-order valence-electron chi connectivity index (χ0n) is 8.97. The van der Waals surface area contributed by atoms with Crippen LogP contribution >= 0.6 is 11.3 Å². The molecule has 0 atom stereocenters. The van der Waals surface area contributed by atoms with Crippen molar-refractivity contribution in [3.8, 4) is 0 Å². The third kappa shape index (κ3) is 2.82. The summed E-state index contributed by atoms with van der Waals surface area (Å²) in [5.74, 6) is -1.58. The van der Waals surface area contributed by atoms with Gasteiger partial charge in [0, 0.05) is 11.2 Å². The number of carbonyl (C=O) groups excluding carboxylic acids is 1. The van der Waals surface area contributed by atoms with E-state index in [9.17, 15) is 9.59 Å². The molecule has 0 aliphatic heterocycles. The second kappa shape index (κ2) is 4.97. The second-order valence-electron chi connectivity index (χ2n) is 3.60. The molecule has 0 aliphatic carbocycles. The minimum absolute atomic E-state index is 0.371. The van der Waals surface area contributed by atoms with Crippen molar-refractivity contribution in [1.29, 1.82) is 0 Å². The van der Waals surface area contributed by atoms with Crippen LogP contribution < -0.4 is 5.32 Å². The maximum absolute atomic E-state index is 11.2. The number of thiophene rings is 1. The molecule has 17 heavy (non-hydrogen) atoms. The number of rotatable bonds is 4. The van der Waals surface area contributed by atoms with Crippen LogP contribution in [0.25, 0.3) is 10.1 Å². The minimum Gasteiger partial charge on any atom is -0.481 e. The Kier molecular flexibility index (Phi) is 3.39. The largest absolute Gasteiger partial charge is 0.481 e. The number of nitrogens with one attached hydrogen (secondary N) is 1. The van der Waals surface area contributed by atoms with E-state index in [1.54, 1.807) is 11.3 Å². The molecule has 0 radical (unpaired) electrons. The molecule has 0 saturated carbocycles. The Hall–Kier alpha value is -1.88. The van der Waals surface area contributed by atoms with E-state index < -0.39 is 18.3 Å². The van der Waals surface area contributed by atoms with Gasteiger partial charge in [0.25, 0.3) is 0 Å². The van der Waals surface area contributed by atoms with Crippen molar-refractivity contribution in [2.75, 3.05) is 0 Å². The average Bonchev–Trinajstić information content (AvgIpc) is 2.69. The third-order valence-electron chi connectivity index (χ3n) is 2.35. The van der Waals surface area contributed by atoms with Gasteiger partial charge in [-0.3, -0.25) is 9.59 Å². The number of aliphatic carboxylic acids is 1. The third-order valence-corrected chi connectivity index (χ3v) is 3.36. The van der Waals surface area contributed by atoms with Gasteiger partial charge in [0.1, 0.15) is 6.42 Å². The Morgan fingerprint density at radius 3 is 2.82 bits per heavy atom. The number of benzene rings is 1. The minimum atomic E-state index is -1.11. The molecular weight excluding hydrogens is 238 g/mol. The summed E-state index contributed by atoms with van der Waals surface area (Å²) in [6.07, 6.45) is -0.484. The van der Waals surface area contributed by atoms with Gasteiger partial charge < -0.3 is 10.4 Å². The molecule has 0 fully saturated rings. The van der Waals surface area contributed by atoms with Gasteiger partial charge in [0.15, 0.2) is 0 Å². The number of carbonyl (C=O) groups is 2. The molecule has 0 bridgehead atoms. The quantitative estimate of drug-likeness (QED) is 0.814. The van der Waals surface area contributed by atoms with E-state index in [0.29, 0.717) is 6.54 Å². The number of carboxylic acids is 1. The Morgan fingerprint density at radius 2 is 2.06 bits per heavy atom. The van der Waals surface area contributed by atoms with E-state index in [-0.39, 0.29) is 0 Å². The normalized spacial score (nSPS) is 10.4. The monoisotopic (exact) mass is 249 g/mol. The predicted octanol–water partition coefficient (Wildman–Crippen LogP) is 1.99. The molecular formula is C12H11NO3S. The molecule has 5 heteroatoms. The number of hydrogen-bond acceptors (Lipinski definition) is 3. The molecule has 0 spiro atoms. The maximum atomic E-state index is 11.2. The van der Waals surface area contributed by atoms with Crippen LogP contribution in [-0.4, -0.2) is 17.0 Å². The van der Waals surface area contributed by atoms with E-state index in [1.807, 2.05) is 29.6 Å². The first-order valence-corrected chi connectivity index (χ1v) is 5.98. The molecule has 0 saturated heterocycles. The van der Waals surface area contributed by atoms with Gasteiger partial charge in [-0.1, -0.05) is 18.2 Å². The van der Waals surface area contributed by atoms with Crippen LogP contribution in [0, 0.1) is 0 Å². The first-order valence-electron chi connectivity index (χ1n) is 5.10. The van der Waals surface area contributed by atoms with Gasteiger partial charge in [-0.2, -0.15) is 0 Å². The number of amides is 1. The maximum Gasteiger partial charge on any atom is 0.312 e. The average molecular weight is 249 g/mol. The molecule has 1 aromatic carbocycles. The highest BCUT2D eigenvalue weighted by atomic mass is 32.1. The smallest absolute Gasteiger partial charge is 0.312 e. The second-order valence-corrected chi connectivity index (χ2v) is 4.52. The molecule has 0 aliphatic rings. The van der Waals surface area contributed by atoms with E-state index in [4.69, 9.17) is 5.11 Å². The Bertz CT molecular complexity index is 562. The highest BCUT2D eigenvalue weighted by molar-refractivity contribution is 7.17. The molecule has 2 N–H and O–H groups in total. The Labute approximate surface area is 102 Å². The van der Waals surface area contributed by atoms with Gasteiger partial charge in [0.05, 0.1) is 0 Å². The highest BCUT2D eigenvalue weighted by Crippen LogP contribution is 2.25. The van der Waals surface area contributed by atoms with Gasteiger partial charge in [-0.25, -0.2) is 0 Å². The van der Waals surface area contributed by atoms with E-state index in [1.165, 1.54) is 0 Å². The Balaban J connectivity index is 2.04. The standard InChI is InChI=1S/C12H11NO3S/c14-11(5-12(15)16)13-6-8-7-17-10-4-2-1-3-9(8)10/h1-4,7H,5-6H2,(H,13,14)(H,15,16). The van der Waals surface area contributed by atoms with Crippen molar-refractivity contribution in [3.63, 3.8) is 0 Å². The fraction of sp³-hybridized carbons (Fsp3) is 0.167. The summed E-state index contributed by atoms with van der Waals surface area (Å²) in [6.45, 7) is 0.371.